The molecule has 6 N–H and O–H groups in total. The molecule has 0 fully saturated rings. The van der Waals surface area contributed by atoms with Crippen LogP contribution in [0.3, 0.4) is 0 Å². The van der Waals surface area contributed by atoms with Gasteiger partial charge in [-0.1, -0.05) is 11.8 Å². The van der Waals surface area contributed by atoms with E-state index < -0.39 is 24.0 Å². The molecule has 10 nitrogen and oxygen atoms in total. The molecule has 0 radical (unpaired) electrons. The summed E-state index contributed by atoms with van der Waals surface area (Å²) in [5.74, 6) is 9.58. The molecule has 0 aliphatic rings. The number of hydrogen-bond acceptors (Lipinski definition) is 7. The van der Waals surface area contributed by atoms with E-state index in [0.29, 0.717) is 11.3 Å². The number of carbonyl (C=O) groups is 3. The van der Waals surface area contributed by atoms with Crippen LogP contribution in [0.15, 0.2) is 73.1 Å². The van der Waals surface area contributed by atoms with E-state index in [0.717, 1.165) is 11.3 Å². The maximum atomic E-state index is 12.3. The van der Waals surface area contributed by atoms with Crippen molar-refractivity contribution in [2.45, 2.75) is 19.1 Å². The first-order valence-corrected chi connectivity index (χ1v) is 11.4. The van der Waals surface area contributed by atoms with Crippen LogP contribution in [0.1, 0.15) is 28.4 Å². The second-order valence-corrected chi connectivity index (χ2v) is 7.96. The van der Waals surface area contributed by atoms with Gasteiger partial charge in [0.1, 0.15) is 6.04 Å². The molecule has 0 saturated carbocycles. The average molecular weight is 512 g/mol. The van der Waals surface area contributed by atoms with E-state index >= 15 is 0 Å². The van der Waals surface area contributed by atoms with Crippen molar-refractivity contribution in [1.82, 2.24) is 15.8 Å². The van der Waals surface area contributed by atoms with Crippen molar-refractivity contribution in [2.24, 2.45) is 0 Å². The monoisotopic (exact) mass is 511 g/mol. The summed E-state index contributed by atoms with van der Waals surface area (Å²) in [6.45, 7) is 1.44. The molecule has 3 rings (SSSR count). The Morgan fingerprint density at radius 3 is 2.00 bits per heavy atom. The normalized spacial score (nSPS) is 11.3. The molecule has 192 valence electrons. The number of pyridine rings is 1. The molecule has 0 aliphatic heterocycles. The minimum absolute atomic E-state index is 0.121. The Hall–Kier alpha value is -5.16. The predicted molar refractivity (Wildman–Crippen MR) is 141 cm³/mol. The third-order valence-corrected chi connectivity index (χ3v) is 5.09. The minimum atomic E-state index is -1.30. The zero-order valence-corrected chi connectivity index (χ0v) is 20.4. The Labute approximate surface area is 219 Å². The van der Waals surface area contributed by atoms with Crippen LogP contribution < -0.4 is 21.4 Å². The first-order valence-electron chi connectivity index (χ1n) is 11.4. The van der Waals surface area contributed by atoms with Gasteiger partial charge in [-0.15, -0.1) is 0 Å². The van der Waals surface area contributed by atoms with Crippen molar-refractivity contribution in [2.75, 3.05) is 17.2 Å². The van der Waals surface area contributed by atoms with Crippen LogP contribution in [-0.4, -0.2) is 51.7 Å². The van der Waals surface area contributed by atoms with E-state index in [1.807, 2.05) is 0 Å². The number of amides is 3. The summed E-state index contributed by atoms with van der Waals surface area (Å²) in [5, 5.41) is 26.5. The van der Waals surface area contributed by atoms with E-state index in [-0.39, 0.29) is 18.0 Å². The molecule has 0 bridgehead atoms. The highest BCUT2D eigenvalue weighted by atomic mass is 16.5. The number of hydroxylamine groups is 1. The largest absolute Gasteiger partial charge is 0.391 e. The molecule has 2 aromatic carbocycles. The highest BCUT2D eigenvalue weighted by Gasteiger charge is 2.25. The molecular weight excluding hydrogens is 486 g/mol. The van der Waals surface area contributed by atoms with Gasteiger partial charge in [-0.05, 0) is 79.4 Å². The van der Waals surface area contributed by atoms with Crippen molar-refractivity contribution < 1.29 is 24.7 Å². The number of hydrogen-bond donors (Lipinski definition) is 6. The second-order valence-electron chi connectivity index (χ2n) is 7.96. The van der Waals surface area contributed by atoms with Crippen LogP contribution in [0, 0.1) is 23.7 Å². The molecule has 0 spiro atoms. The Bertz CT molecular complexity index is 1380. The van der Waals surface area contributed by atoms with Gasteiger partial charge >= 0.3 is 0 Å². The Balaban J connectivity index is 1.51. The molecule has 10 heteroatoms. The van der Waals surface area contributed by atoms with Gasteiger partial charge in [-0.2, -0.15) is 0 Å². The minimum Gasteiger partial charge on any atom is -0.391 e. The van der Waals surface area contributed by atoms with Gasteiger partial charge in [0.15, 0.2) is 0 Å². The molecule has 3 amide bonds. The van der Waals surface area contributed by atoms with Crippen molar-refractivity contribution in [1.29, 1.82) is 0 Å². The van der Waals surface area contributed by atoms with E-state index in [1.54, 1.807) is 60.9 Å². The van der Waals surface area contributed by atoms with Crippen molar-refractivity contribution >= 4 is 29.1 Å². The Morgan fingerprint density at radius 1 is 0.868 bits per heavy atom. The topological polar surface area (TPSA) is 153 Å². The van der Waals surface area contributed by atoms with Gasteiger partial charge in [0, 0.05) is 40.5 Å². The van der Waals surface area contributed by atoms with Crippen molar-refractivity contribution in [3.8, 4) is 23.7 Å². The molecular formula is C28H25N5O5. The summed E-state index contributed by atoms with van der Waals surface area (Å²) in [6.07, 6.45) is 2.08. The smallest absolute Gasteiger partial charge is 0.268 e. The highest BCUT2D eigenvalue weighted by Crippen LogP contribution is 2.09. The highest BCUT2D eigenvalue weighted by molar-refractivity contribution is 5.97. The molecule has 1 aromatic heterocycles. The fourth-order valence-corrected chi connectivity index (χ4v) is 3.11. The summed E-state index contributed by atoms with van der Waals surface area (Å²) in [7, 11) is 0. The van der Waals surface area contributed by atoms with Crippen LogP contribution in [0.25, 0.3) is 0 Å². The Morgan fingerprint density at radius 2 is 1.45 bits per heavy atom. The zero-order valence-electron chi connectivity index (χ0n) is 20.4. The van der Waals surface area contributed by atoms with Gasteiger partial charge in [0.05, 0.1) is 12.6 Å². The number of aliphatic hydroxyl groups is 1. The Kier molecular flexibility index (Phi) is 9.96. The molecule has 1 heterocycles. The number of anilines is 2. The number of aromatic nitrogens is 1. The quantitative estimate of drug-likeness (QED) is 0.152. The fourth-order valence-electron chi connectivity index (χ4n) is 3.11. The maximum absolute atomic E-state index is 12.3. The lowest BCUT2D eigenvalue weighted by atomic mass is 10.1. The van der Waals surface area contributed by atoms with Gasteiger partial charge in [-0.25, -0.2) is 5.48 Å². The third kappa shape index (κ3) is 8.50. The number of benzene rings is 2. The first-order chi connectivity index (χ1) is 18.4. The predicted octanol–water partition coefficient (Wildman–Crippen LogP) is 1.52. The molecule has 0 aliphatic carbocycles. The van der Waals surface area contributed by atoms with Crippen LogP contribution >= 0.6 is 0 Å². The van der Waals surface area contributed by atoms with E-state index in [2.05, 4.69) is 44.6 Å². The van der Waals surface area contributed by atoms with Gasteiger partial charge in [0.25, 0.3) is 11.8 Å². The average Bonchev–Trinajstić information content (AvgIpc) is 2.94. The second kappa shape index (κ2) is 13.8. The standard InChI is InChI=1S/C28H25N5O5/c1-19(34)26(28(37)33-38)32-27(36)22-10-6-20(7-11-22)4-2-3-5-21-8-12-24(13-9-21)31-25(35)18-30-23-14-16-29-17-15-23/h6-17,19,26,34,38H,18H2,1H3,(H,29,30)(H,31,35)(H,32,36)(H,33,37). The summed E-state index contributed by atoms with van der Waals surface area (Å²) >= 11 is 0. The van der Waals surface area contributed by atoms with E-state index in [1.165, 1.54) is 24.5 Å². The summed E-state index contributed by atoms with van der Waals surface area (Å²) in [6, 6.07) is 15.5. The first kappa shape index (κ1) is 27.4. The number of nitrogens with one attached hydrogen (secondary N) is 4. The van der Waals surface area contributed by atoms with Crippen molar-refractivity contribution in [3.63, 3.8) is 0 Å². The lowest BCUT2D eigenvalue weighted by molar-refractivity contribution is -0.133. The van der Waals surface area contributed by atoms with Crippen LogP contribution in [-0.2, 0) is 9.59 Å². The lowest BCUT2D eigenvalue weighted by Gasteiger charge is -2.19. The molecule has 3 aromatic rings. The van der Waals surface area contributed by atoms with Crippen LogP contribution in [0.5, 0.6) is 0 Å². The molecule has 0 saturated heterocycles. The molecule has 38 heavy (non-hydrogen) atoms. The lowest BCUT2D eigenvalue weighted by Crippen LogP contribution is -2.51. The zero-order chi connectivity index (χ0) is 27.3. The van der Waals surface area contributed by atoms with Gasteiger partial charge in [-0.3, -0.25) is 24.6 Å². The maximum Gasteiger partial charge on any atom is 0.268 e. The summed E-state index contributed by atoms with van der Waals surface area (Å²) in [5.41, 5.74) is 4.44. The summed E-state index contributed by atoms with van der Waals surface area (Å²) < 4.78 is 0. The van der Waals surface area contributed by atoms with Crippen molar-refractivity contribution in [3.05, 3.63) is 89.7 Å². The number of aliphatic hydroxyl groups excluding tert-OH is 1. The van der Waals surface area contributed by atoms with Crippen LogP contribution in [0.2, 0.25) is 0 Å². The molecule has 2 unspecified atom stereocenters. The SMILES string of the molecule is CC(O)C(NC(=O)c1ccc(C#CC#Cc2ccc(NC(=O)CNc3ccncc3)cc2)cc1)C(=O)NO. The number of nitrogens with zero attached hydrogens (tertiary/aromatic N) is 1. The number of rotatable bonds is 8. The van der Waals surface area contributed by atoms with E-state index in [9.17, 15) is 19.5 Å². The molecule has 2 atom stereocenters. The van der Waals surface area contributed by atoms with E-state index in [4.69, 9.17) is 5.21 Å². The van der Waals surface area contributed by atoms with Gasteiger partial charge in [0.2, 0.25) is 5.91 Å². The summed E-state index contributed by atoms with van der Waals surface area (Å²) in [4.78, 5) is 39.9. The number of carbonyl (C=O) groups excluding carboxylic acids is 3. The van der Waals surface area contributed by atoms with Crippen LogP contribution in [0.4, 0.5) is 11.4 Å². The van der Waals surface area contributed by atoms with Gasteiger partial charge < -0.3 is 21.1 Å². The fraction of sp³-hybridized carbons (Fsp3) is 0.143. The third-order valence-electron chi connectivity index (χ3n) is 5.09.